The van der Waals surface area contributed by atoms with Gasteiger partial charge in [0.05, 0.1) is 11.9 Å². The molecule has 0 aliphatic carbocycles. The summed E-state index contributed by atoms with van der Waals surface area (Å²) in [6, 6.07) is 15.0. The average Bonchev–Trinajstić information content (AvgIpc) is 2.58. The summed E-state index contributed by atoms with van der Waals surface area (Å²) >= 11 is 1.68. The molecule has 0 bridgehead atoms. The Hall–Kier alpha value is -1.99. The maximum Gasteiger partial charge on any atom is 0.251 e. The van der Waals surface area contributed by atoms with E-state index in [1.54, 1.807) is 36.9 Å². The molecular formula is C18H22N2O3S2. The second-order valence-corrected chi connectivity index (χ2v) is 8.83. The lowest BCUT2D eigenvalue weighted by Crippen LogP contribution is -2.27. The van der Waals surface area contributed by atoms with Crippen molar-refractivity contribution >= 4 is 33.4 Å². The van der Waals surface area contributed by atoms with E-state index in [1.165, 1.54) is 16.2 Å². The number of hydrogen-bond acceptors (Lipinski definition) is 4. The number of nitrogens with zero attached hydrogens (tertiary/aromatic N) is 1. The predicted octanol–water partition coefficient (Wildman–Crippen LogP) is 2.91. The lowest BCUT2D eigenvalue weighted by Gasteiger charge is -2.19. The van der Waals surface area contributed by atoms with Gasteiger partial charge in [0, 0.05) is 29.8 Å². The van der Waals surface area contributed by atoms with Crippen LogP contribution in [0.25, 0.3) is 0 Å². The fourth-order valence-electron chi connectivity index (χ4n) is 2.28. The molecule has 0 aromatic heterocycles. The molecule has 0 aliphatic heterocycles. The van der Waals surface area contributed by atoms with Crippen molar-refractivity contribution in [1.82, 2.24) is 5.32 Å². The highest BCUT2D eigenvalue weighted by Gasteiger charge is 2.15. The molecule has 0 heterocycles. The first-order valence-corrected chi connectivity index (χ1v) is 10.6. The third-order valence-corrected chi connectivity index (χ3v) is 5.90. The molecule has 2 rings (SSSR count). The molecule has 1 amide bonds. The topological polar surface area (TPSA) is 66.5 Å². The van der Waals surface area contributed by atoms with Crippen LogP contribution in [0.3, 0.4) is 0 Å². The summed E-state index contributed by atoms with van der Waals surface area (Å²) < 4.78 is 24.5. The number of thioether (sulfide) groups is 1. The van der Waals surface area contributed by atoms with Crippen molar-refractivity contribution in [2.75, 3.05) is 29.9 Å². The van der Waals surface area contributed by atoms with Crippen molar-refractivity contribution in [1.29, 1.82) is 0 Å². The Labute approximate surface area is 153 Å². The van der Waals surface area contributed by atoms with Crippen molar-refractivity contribution < 1.29 is 13.2 Å². The molecule has 134 valence electrons. The number of nitrogens with one attached hydrogen (secondary N) is 1. The Morgan fingerprint density at radius 3 is 2.44 bits per heavy atom. The number of amides is 1. The van der Waals surface area contributed by atoms with E-state index in [0.717, 1.165) is 17.6 Å². The Morgan fingerprint density at radius 1 is 1.16 bits per heavy atom. The largest absolute Gasteiger partial charge is 0.351 e. The minimum absolute atomic E-state index is 0.162. The van der Waals surface area contributed by atoms with Gasteiger partial charge in [-0.25, -0.2) is 8.42 Å². The Bertz CT molecular complexity index is 837. The molecule has 25 heavy (non-hydrogen) atoms. The molecular weight excluding hydrogens is 356 g/mol. The smallest absolute Gasteiger partial charge is 0.251 e. The number of carbonyl (C=O) groups is 1. The Balaban J connectivity index is 1.93. The summed E-state index contributed by atoms with van der Waals surface area (Å²) in [5.74, 6) is 0.620. The van der Waals surface area contributed by atoms with Gasteiger partial charge in [-0.3, -0.25) is 9.10 Å². The minimum Gasteiger partial charge on any atom is -0.351 e. The molecule has 2 aromatic carbocycles. The van der Waals surface area contributed by atoms with Crippen molar-refractivity contribution in [3.8, 4) is 0 Å². The summed E-state index contributed by atoms with van der Waals surface area (Å²) in [7, 11) is -1.83. The summed E-state index contributed by atoms with van der Waals surface area (Å²) in [5, 5.41) is 2.88. The molecule has 0 aliphatic rings. The van der Waals surface area contributed by atoms with Crippen LogP contribution in [0, 0.1) is 6.92 Å². The van der Waals surface area contributed by atoms with Gasteiger partial charge >= 0.3 is 0 Å². The Morgan fingerprint density at radius 2 is 1.84 bits per heavy atom. The van der Waals surface area contributed by atoms with Gasteiger partial charge < -0.3 is 5.32 Å². The number of carbonyl (C=O) groups excluding carboxylic acids is 1. The van der Waals surface area contributed by atoms with Crippen LogP contribution in [0.5, 0.6) is 0 Å². The van der Waals surface area contributed by atoms with E-state index in [9.17, 15) is 13.2 Å². The van der Waals surface area contributed by atoms with Gasteiger partial charge in [0.1, 0.15) is 0 Å². The van der Waals surface area contributed by atoms with Gasteiger partial charge in [0.2, 0.25) is 10.0 Å². The first-order chi connectivity index (χ1) is 11.8. The van der Waals surface area contributed by atoms with Gasteiger partial charge in [-0.2, -0.15) is 0 Å². The lowest BCUT2D eigenvalue weighted by molar-refractivity contribution is 0.0956. The van der Waals surface area contributed by atoms with Crippen LogP contribution in [0.4, 0.5) is 5.69 Å². The number of sulfonamides is 1. The number of anilines is 1. The maximum atomic E-state index is 12.2. The second kappa shape index (κ2) is 8.40. The molecule has 0 saturated heterocycles. The van der Waals surface area contributed by atoms with Crippen LogP contribution in [0.15, 0.2) is 53.4 Å². The molecule has 5 nitrogen and oxygen atoms in total. The van der Waals surface area contributed by atoms with Crippen molar-refractivity contribution in [2.24, 2.45) is 0 Å². The molecule has 0 fully saturated rings. The van der Waals surface area contributed by atoms with E-state index in [-0.39, 0.29) is 5.91 Å². The van der Waals surface area contributed by atoms with E-state index in [0.29, 0.717) is 17.8 Å². The standard InChI is InChI=1S/C18H22N2O3S2/c1-14-13-15(9-10-17(14)20(2)25(3,22)23)18(21)19-11-12-24-16-7-5-4-6-8-16/h4-10,13H,11-12H2,1-3H3,(H,19,21). The summed E-state index contributed by atoms with van der Waals surface area (Å²) in [6.07, 6.45) is 1.15. The fraction of sp³-hybridized carbons (Fsp3) is 0.278. The van der Waals surface area contributed by atoms with E-state index >= 15 is 0 Å². The van der Waals surface area contributed by atoms with Gasteiger partial charge in [0.25, 0.3) is 5.91 Å². The number of aryl methyl sites for hydroxylation is 1. The molecule has 7 heteroatoms. The van der Waals surface area contributed by atoms with E-state index in [4.69, 9.17) is 0 Å². The van der Waals surface area contributed by atoms with E-state index in [2.05, 4.69) is 5.32 Å². The van der Waals surface area contributed by atoms with Crippen LogP contribution in [-0.4, -0.2) is 39.9 Å². The van der Waals surface area contributed by atoms with Gasteiger partial charge in [-0.1, -0.05) is 18.2 Å². The SMILES string of the molecule is Cc1cc(C(=O)NCCSc2ccccc2)ccc1N(C)S(C)(=O)=O. The lowest BCUT2D eigenvalue weighted by atomic mass is 10.1. The summed E-state index contributed by atoms with van der Waals surface area (Å²) in [5.41, 5.74) is 1.82. The average molecular weight is 379 g/mol. The predicted molar refractivity (Wildman–Crippen MR) is 104 cm³/mol. The first-order valence-electron chi connectivity index (χ1n) is 7.79. The fourth-order valence-corrected chi connectivity index (χ4v) is 3.63. The highest BCUT2D eigenvalue weighted by Crippen LogP contribution is 2.22. The van der Waals surface area contributed by atoms with Crippen molar-refractivity contribution in [3.05, 3.63) is 59.7 Å². The number of benzene rings is 2. The summed E-state index contributed by atoms with van der Waals surface area (Å²) in [6.45, 7) is 2.35. The van der Waals surface area contributed by atoms with Crippen molar-refractivity contribution in [3.63, 3.8) is 0 Å². The Kier molecular flexibility index (Phi) is 6.50. The summed E-state index contributed by atoms with van der Waals surface area (Å²) in [4.78, 5) is 13.4. The third kappa shape index (κ3) is 5.51. The molecule has 1 N–H and O–H groups in total. The monoisotopic (exact) mass is 378 g/mol. The molecule has 0 unspecified atom stereocenters. The minimum atomic E-state index is -3.33. The number of hydrogen-bond donors (Lipinski definition) is 1. The van der Waals surface area contributed by atoms with E-state index in [1.807, 2.05) is 30.3 Å². The third-order valence-electron chi connectivity index (χ3n) is 3.70. The van der Waals surface area contributed by atoms with Gasteiger partial charge in [0.15, 0.2) is 0 Å². The van der Waals surface area contributed by atoms with Crippen LogP contribution >= 0.6 is 11.8 Å². The normalized spacial score (nSPS) is 11.2. The van der Waals surface area contributed by atoms with Crippen LogP contribution < -0.4 is 9.62 Å². The highest BCUT2D eigenvalue weighted by atomic mass is 32.2. The molecule has 0 saturated carbocycles. The maximum absolute atomic E-state index is 12.2. The van der Waals surface area contributed by atoms with Gasteiger partial charge in [-0.05, 0) is 42.8 Å². The molecule has 0 spiro atoms. The number of rotatable bonds is 7. The van der Waals surface area contributed by atoms with Crippen LogP contribution in [0.1, 0.15) is 15.9 Å². The van der Waals surface area contributed by atoms with Crippen LogP contribution in [-0.2, 0) is 10.0 Å². The van der Waals surface area contributed by atoms with Crippen molar-refractivity contribution in [2.45, 2.75) is 11.8 Å². The highest BCUT2D eigenvalue weighted by molar-refractivity contribution is 7.99. The molecule has 2 aromatic rings. The zero-order valence-electron chi connectivity index (χ0n) is 14.5. The van der Waals surface area contributed by atoms with Crippen LogP contribution in [0.2, 0.25) is 0 Å². The van der Waals surface area contributed by atoms with Gasteiger partial charge in [-0.15, -0.1) is 11.8 Å². The quantitative estimate of drug-likeness (QED) is 0.594. The second-order valence-electron chi connectivity index (χ2n) is 5.65. The zero-order chi connectivity index (χ0) is 18.4. The zero-order valence-corrected chi connectivity index (χ0v) is 16.2. The molecule has 0 atom stereocenters. The van der Waals surface area contributed by atoms with E-state index < -0.39 is 10.0 Å². The first kappa shape index (κ1) is 19.3. The molecule has 0 radical (unpaired) electrons.